The topological polar surface area (TPSA) is 35.2 Å². The highest BCUT2D eigenvalue weighted by molar-refractivity contribution is 5.49. The number of hydrogen-bond donors (Lipinski definition) is 1. The molecule has 1 aliphatic rings. The fourth-order valence-corrected chi connectivity index (χ4v) is 1.57. The Morgan fingerprint density at radius 3 is 2.91 bits per heavy atom. The third kappa shape index (κ3) is 0.828. The van der Waals surface area contributed by atoms with Gasteiger partial charge in [0.25, 0.3) is 0 Å². The molecule has 0 radical (unpaired) electrons. The Kier molecular flexibility index (Phi) is 1.36. The maximum Gasteiger partial charge on any atom is 0.123 e. The van der Waals surface area contributed by atoms with Gasteiger partial charge in [0.2, 0.25) is 0 Å². The van der Waals surface area contributed by atoms with Crippen LogP contribution in [0.4, 0.5) is 0 Å². The van der Waals surface area contributed by atoms with Crippen molar-refractivity contribution >= 4 is 0 Å². The van der Waals surface area contributed by atoms with Gasteiger partial charge in [0, 0.05) is 11.6 Å². The average Bonchev–Trinajstić information content (AvgIpc) is 2.01. The molecule has 2 N–H and O–H groups in total. The maximum atomic E-state index is 5.79. The van der Waals surface area contributed by atoms with E-state index in [0.717, 1.165) is 12.2 Å². The summed E-state index contributed by atoms with van der Waals surface area (Å²) in [7, 11) is 1.68. The van der Waals surface area contributed by atoms with Crippen LogP contribution in [0.2, 0.25) is 0 Å². The number of benzene rings is 1. The molecule has 0 bridgehead atoms. The van der Waals surface area contributed by atoms with Crippen molar-refractivity contribution in [3.05, 3.63) is 29.3 Å². The van der Waals surface area contributed by atoms with Crippen LogP contribution in [0, 0.1) is 0 Å². The summed E-state index contributed by atoms with van der Waals surface area (Å²) < 4.78 is 5.17. The Labute approximate surface area is 66.0 Å². The number of fused-ring (bicyclic) bond motifs is 1. The molecule has 0 aliphatic heterocycles. The molecule has 0 saturated carbocycles. The summed E-state index contributed by atoms with van der Waals surface area (Å²) in [5, 5.41) is 0. The van der Waals surface area contributed by atoms with E-state index in [1.807, 2.05) is 12.1 Å². The molecule has 1 atom stereocenters. The normalized spacial score (nSPS) is 20.4. The summed E-state index contributed by atoms with van der Waals surface area (Å²) in [6.07, 6.45) is 0.993. The monoisotopic (exact) mass is 149 g/mol. The van der Waals surface area contributed by atoms with Crippen molar-refractivity contribution in [1.82, 2.24) is 0 Å². The van der Waals surface area contributed by atoms with Crippen molar-refractivity contribution in [2.75, 3.05) is 7.11 Å². The Morgan fingerprint density at radius 2 is 2.36 bits per heavy atom. The average molecular weight is 149 g/mol. The van der Waals surface area contributed by atoms with Gasteiger partial charge in [-0.1, -0.05) is 12.1 Å². The fourth-order valence-electron chi connectivity index (χ4n) is 1.57. The summed E-state index contributed by atoms with van der Waals surface area (Å²) in [5.41, 5.74) is 8.31. The van der Waals surface area contributed by atoms with E-state index in [0.29, 0.717) is 0 Å². The van der Waals surface area contributed by atoms with Crippen LogP contribution < -0.4 is 10.5 Å². The first kappa shape index (κ1) is 6.68. The molecule has 0 fully saturated rings. The zero-order valence-corrected chi connectivity index (χ0v) is 6.50. The Balaban J connectivity index is 2.50. The highest BCUT2D eigenvalue weighted by atomic mass is 16.5. The molecule has 0 saturated heterocycles. The Morgan fingerprint density at radius 1 is 1.55 bits per heavy atom. The molecule has 0 amide bonds. The Bertz CT molecular complexity index is 283. The zero-order valence-electron chi connectivity index (χ0n) is 6.50. The van der Waals surface area contributed by atoms with Gasteiger partial charge in [-0.05, 0) is 18.1 Å². The number of hydrogen-bond acceptors (Lipinski definition) is 2. The first-order valence-corrected chi connectivity index (χ1v) is 3.74. The maximum absolute atomic E-state index is 5.79. The first-order valence-electron chi connectivity index (χ1n) is 3.74. The summed E-state index contributed by atoms with van der Waals surface area (Å²) in [6.45, 7) is 0. The van der Waals surface area contributed by atoms with E-state index in [9.17, 15) is 0 Å². The van der Waals surface area contributed by atoms with Crippen LogP contribution in [0.1, 0.15) is 17.2 Å². The van der Waals surface area contributed by atoms with Gasteiger partial charge in [0.1, 0.15) is 5.75 Å². The van der Waals surface area contributed by atoms with Crippen LogP contribution in [-0.2, 0) is 6.42 Å². The van der Waals surface area contributed by atoms with E-state index >= 15 is 0 Å². The minimum Gasteiger partial charge on any atom is -0.496 e. The SMILES string of the molecule is COc1cccc2c1C(N)C2. The number of nitrogens with two attached hydrogens (primary N) is 1. The van der Waals surface area contributed by atoms with Crippen molar-refractivity contribution < 1.29 is 4.74 Å². The number of rotatable bonds is 1. The summed E-state index contributed by atoms with van der Waals surface area (Å²) >= 11 is 0. The molecular weight excluding hydrogens is 138 g/mol. The van der Waals surface area contributed by atoms with E-state index in [1.54, 1.807) is 7.11 Å². The molecule has 11 heavy (non-hydrogen) atoms. The smallest absolute Gasteiger partial charge is 0.123 e. The minimum absolute atomic E-state index is 0.196. The second-order valence-electron chi connectivity index (χ2n) is 2.84. The molecule has 58 valence electrons. The first-order chi connectivity index (χ1) is 5.33. The predicted octanol–water partition coefficient (Wildman–Crippen LogP) is 1.25. The minimum atomic E-state index is 0.196. The van der Waals surface area contributed by atoms with Gasteiger partial charge < -0.3 is 10.5 Å². The zero-order chi connectivity index (χ0) is 7.84. The molecule has 2 nitrogen and oxygen atoms in total. The highest BCUT2D eigenvalue weighted by Crippen LogP contribution is 2.37. The van der Waals surface area contributed by atoms with E-state index in [4.69, 9.17) is 10.5 Å². The third-order valence-electron chi connectivity index (χ3n) is 2.19. The molecule has 0 spiro atoms. The van der Waals surface area contributed by atoms with Gasteiger partial charge in [-0.3, -0.25) is 0 Å². The predicted molar refractivity (Wildman–Crippen MR) is 43.6 cm³/mol. The lowest BCUT2D eigenvalue weighted by Gasteiger charge is -2.28. The third-order valence-corrected chi connectivity index (χ3v) is 2.19. The summed E-state index contributed by atoms with van der Waals surface area (Å²) in [6, 6.07) is 6.25. The number of methoxy groups -OCH3 is 1. The van der Waals surface area contributed by atoms with Gasteiger partial charge in [-0.2, -0.15) is 0 Å². The van der Waals surface area contributed by atoms with E-state index < -0.39 is 0 Å². The van der Waals surface area contributed by atoms with Crippen molar-refractivity contribution in [2.24, 2.45) is 5.73 Å². The molecule has 1 aliphatic carbocycles. The van der Waals surface area contributed by atoms with Crippen LogP contribution in [0.25, 0.3) is 0 Å². The molecule has 1 aromatic carbocycles. The van der Waals surface area contributed by atoms with E-state index in [2.05, 4.69) is 6.07 Å². The quantitative estimate of drug-likeness (QED) is 0.652. The molecule has 2 rings (SSSR count). The lowest BCUT2D eigenvalue weighted by Crippen LogP contribution is -2.25. The van der Waals surface area contributed by atoms with Gasteiger partial charge in [-0.15, -0.1) is 0 Å². The molecule has 2 heteroatoms. The molecular formula is C9H11NO. The van der Waals surface area contributed by atoms with Crippen molar-refractivity contribution in [2.45, 2.75) is 12.5 Å². The fraction of sp³-hybridized carbons (Fsp3) is 0.333. The van der Waals surface area contributed by atoms with Crippen LogP contribution >= 0.6 is 0 Å². The Hall–Kier alpha value is -1.02. The van der Waals surface area contributed by atoms with Crippen molar-refractivity contribution in [3.63, 3.8) is 0 Å². The number of ether oxygens (including phenoxy) is 1. The van der Waals surface area contributed by atoms with Crippen molar-refractivity contribution in [1.29, 1.82) is 0 Å². The van der Waals surface area contributed by atoms with Gasteiger partial charge >= 0.3 is 0 Å². The van der Waals surface area contributed by atoms with E-state index in [-0.39, 0.29) is 6.04 Å². The second-order valence-corrected chi connectivity index (χ2v) is 2.84. The molecule has 0 heterocycles. The molecule has 0 aromatic heterocycles. The lowest BCUT2D eigenvalue weighted by molar-refractivity contribution is 0.398. The lowest BCUT2D eigenvalue weighted by atomic mass is 9.83. The summed E-state index contributed by atoms with van der Waals surface area (Å²) in [5.74, 6) is 0.932. The summed E-state index contributed by atoms with van der Waals surface area (Å²) in [4.78, 5) is 0. The van der Waals surface area contributed by atoms with Crippen LogP contribution in [0.15, 0.2) is 18.2 Å². The van der Waals surface area contributed by atoms with Crippen LogP contribution in [0.3, 0.4) is 0 Å². The van der Waals surface area contributed by atoms with Gasteiger partial charge in [-0.25, -0.2) is 0 Å². The second kappa shape index (κ2) is 2.24. The molecule has 1 unspecified atom stereocenters. The highest BCUT2D eigenvalue weighted by Gasteiger charge is 2.25. The van der Waals surface area contributed by atoms with Crippen LogP contribution in [0.5, 0.6) is 5.75 Å². The largest absolute Gasteiger partial charge is 0.496 e. The standard InChI is InChI=1S/C9H11NO/c1-11-8-4-2-3-6-5-7(10)9(6)8/h2-4,7H,5,10H2,1H3. The van der Waals surface area contributed by atoms with Gasteiger partial charge in [0.15, 0.2) is 0 Å². The van der Waals surface area contributed by atoms with Crippen LogP contribution in [-0.4, -0.2) is 7.11 Å². The van der Waals surface area contributed by atoms with Crippen molar-refractivity contribution in [3.8, 4) is 5.75 Å². The van der Waals surface area contributed by atoms with E-state index in [1.165, 1.54) is 11.1 Å². The van der Waals surface area contributed by atoms with Gasteiger partial charge in [0.05, 0.1) is 7.11 Å². The molecule has 1 aromatic rings.